The molecule has 0 aliphatic heterocycles. The standard InChI is InChI=1S/C81H158O17P2/c1-7-9-11-13-15-17-19-21-23-25-27-29-33-39-45-51-57-63-78(83)91-69-76(97-80(85)65-59-53-47-40-34-30-28-26-24-22-20-18-16-14-12-10-8-2)71-95-99(87,88)93-67-75(82)68-94-100(89,90)96-72-77(70-92-79(84)64-58-52-46-42-36-38-44-50-56-62-74(5)6)98-81(86)66-60-54-48-41-35-31-32-37-43-49-55-61-73(3)4/h73-77,82H,7-72H2,1-6H3,(H,87,88)(H,89,90)/t75-,76-,77-/m1/s1. The van der Waals surface area contributed by atoms with Gasteiger partial charge >= 0.3 is 39.5 Å². The second-order valence-electron chi connectivity index (χ2n) is 30.1. The third-order valence-electron chi connectivity index (χ3n) is 19.0. The van der Waals surface area contributed by atoms with Crippen LogP contribution in [0.15, 0.2) is 0 Å². The number of carbonyl (C=O) groups is 4. The highest BCUT2D eigenvalue weighted by atomic mass is 31.2. The van der Waals surface area contributed by atoms with E-state index in [4.69, 9.17) is 37.0 Å². The van der Waals surface area contributed by atoms with E-state index in [-0.39, 0.29) is 25.7 Å². The van der Waals surface area contributed by atoms with Gasteiger partial charge in [-0.25, -0.2) is 9.13 Å². The van der Waals surface area contributed by atoms with Crippen LogP contribution < -0.4 is 0 Å². The van der Waals surface area contributed by atoms with Crippen LogP contribution >= 0.6 is 15.6 Å². The van der Waals surface area contributed by atoms with Gasteiger partial charge in [-0.1, -0.05) is 375 Å². The van der Waals surface area contributed by atoms with Crippen LogP contribution in [0, 0.1) is 11.8 Å². The highest BCUT2D eigenvalue weighted by Gasteiger charge is 2.30. The molecule has 0 rings (SSSR count). The fraction of sp³-hybridized carbons (Fsp3) is 0.951. The monoisotopic (exact) mass is 1470 g/mol. The number of esters is 4. The number of phosphoric ester groups is 2. The number of aliphatic hydroxyl groups is 1. The van der Waals surface area contributed by atoms with Gasteiger partial charge in [-0.15, -0.1) is 0 Å². The molecule has 0 spiro atoms. The van der Waals surface area contributed by atoms with Crippen molar-refractivity contribution in [2.75, 3.05) is 39.6 Å². The molecule has 19 heteroatoms. The van der Waals surface area contributed by atoms with Crippen molar-refractivity contribution in [1.82, 2.24) is 0 Å². The lowest BCUT2D eigenvalue weighted by atomic mass is 10.0. The van der Waals surface area contributed by atoms with E-state index in [2.05, 4.69) is 41.5 Å². The summed E-state index contributed by atoms with van der Waals surface area (Å²) in [5.41, 5.74) is 0. The first kappa shape index (κ1) is 98.1. The first-order valence-corrected chi connectivity index (χ1v) is 45.0. The largest absolute Gasteiger partial charge is 0.472 e. The summed E-state index contributed by atoms with van der Waals surface area (Å²) in [5.74, 6) is -0.598. The maximum absolute atomic E-state index is 13.1. The minimum absolute atomic E-state index is 0.106. The Bertz CT molecular complexity index is 1920. The Balaban J connectivity index is 5.26. The molecule has 594 valence electrons. The van der Waals surface area contributed by atoms with Crippen LogP contribution in [0.25, 0.3) is 0 Å². The van der Waals surface area contributed by atoms with E-state index < -0.39 is 97.5 Å². The van der Waals surface area contributed by atoms with Gasteiger partial charge in [-0.05, 0) is 37.5 Å². The lowest BCUT2D eigenvalue weighted by Gasteiger charge is -2.21. The number of aliphatic hydroxyl groups excluding tert-OH is 1. The van der Waals surface area contributed by atoms with E-state index in [0.29, 0.717) is 25.7 Å². The third kappa shape index (κ3) is 74.3. The van der Waals surface area contributed by atoms with Crippen molar-refractivity contribution in [1.29, 1.82) is 0 Å². The molecule has 0 aromatic carbocycles. The highest BCUT2D eigenvalue weighted by molar-refractivity contribution is 7.47. The molecule has 0 bridgehead atoms. The first-order valence-electron chi connectivity index (χ1n) is 42.0. The van der Waals surface area contributed by atoms with E-state index in [0.717, 1.165) is 102 Å². The van der Waals surface area contributed by atoms with Crippen molar-refractivity contribution >= 4 is 39.5 Å². The summed E-state index contributed by atoms with van der Waals surface area (Å²) in [7, 11) is -9.92. The van der Waals surface area contributed by atoms with E-state index in [1.807, 2.05) is 0 Å². The summed E-state index contributed by atoms with van der Waals surface area (Å²) in [6.45, 7) is 9.62. The van der Waals surface area contributed by atoms with Gasteiger partial charge in [0.25, 0.3) is 0 Å². The molecule has 0 aliphatic carbocycles. The zero-order valence-electron chi connectivity index (χ0n) is 65.5. The fourth-order valence-corrected chi connectivity index (χ4v) is 14.1. The summed E-state index contributed by atoms with van der Waals surface area (Å²) in [6.07, 6.45) is 62.4. The molecule has 0 fully saturated rings. The van der Waals surface area contributed by atoms with E-state index in [1.165, 1.54) is 244 Å². The lowest BCUT2D eigenvalue weighted by molar-refractivity contribution is -0.161. The van der Waals surface area contributed by atoms with Crippen LogP contribution in [0.1, 0.15) is 427 Å². The molecule has 100 heavy (non-hydrogen) atoms. The van der Waals surface area contributed by atoms with Crippen LogP contribution in [0.3, 0.4) is 0 Å². The molecule has 0 heterocycles. The molecule has 17 nitrogen and oxygen atoms in total. The van der Waals surface area contributed by atoms with E-state index in [9.17, 15) is 43.2 Å². The number of hydrogen-bond acceptors (Lipinski definition) is 15. The van der Waals surface area contributed by atoms with Crippen LogP contribution in [-0.4, -0.2) is 96.7 Å². The number of ether oxygens (including phenoxy) is 4. The molecule has 0 saturated carbocycles. The molecule has 0 radical (unpaired) electrons. The molecule has 3 N–H and O–H groups in total. The Labute approximate surface area is 613 Å². The smallest absolute Gasteiger partial charge is 0.462 e. The van der Waals surface area contributed by atoms with Crippen LogP contribution in [-0.2, 0) is 65.4 Å². The molecule has 0 aromatic heterocycles. The lowest BCUT2D eigenvalue weighted by Crippen LogP contribution is -2.30. The van der Waals surface area contributed by atoms with Gasteiger partial charge in [0, 0.05) is 25.7 Å². The summed E-state index contributed by atoms with van der Waals surface area (Å²) < 4.78 is 68.8. The molecule has 0 saturated heterocycles. The minimum Gasteiger partial charge on any atom is -0.462 e. The molecule has 2 unspecified atom stereocenters. The van der Waals surface area contributed by atoms with E-state index in [1.54, 1.807) is 0 Å². The average Bonchev–Trinajstić information content (AvgIpc) is 1.07. The number of unbranched alkanes of at least 4 members (excludes halogenated alkanes) is 50. The summed E-state index contributed by atoms with van der Waals surface area (Å²) in [6, 6.07) is 0. The second kappa shape index (κ2) is 72.6. The molecule has 0 amide bonds. The molecular formula is C81H158O17P2. The predicted octanol–water partition coefficient (Wildman–Crippen LogP) is 24.3. The van der Waals surface area contributed by atoms with Crippen LogP contribution in [0.2, 0.25) is 0 Å². The topological polar surface area (TPSA) is 237 Å². The van der Waals surface area contributed by atoms with Crippen molar-refractivity contribution in [3.63, 3.8) is 0 Å². The number of hydrogen-bond donors (Lipinski definition) is 3. The minimum atomic E-state index is -4.96. The summed E-state index contributed by atoms with van der Waals surface area (Å²) in [4.78, 5) is 73.1. The summed E-state index contributed by atoms with van der Waals surface area (Å²) >= 11 is 0. The zero-order valence-corrected chi connectivity index (χ0v) is 67.3. The normalized spacial score (nSPS) is 13.9. The van der Waals surface area contributed by atoms with Crippen LogP contribution in [0.5, 0.6) is 0 Å². The Hall–Kier alpha value is -1.94. The fourth-order valence-electron chi connectivity index (χ4n) is 12.5. The van der Waals surface area contributed by atoms with Gasteiger partial charge in [-0.3, -0.25) is 37.3 Å². The Kier molecular flexibility index (Phi) is 71.2. The van der Waals surface area contributed by atoms with Gasteiger partial charge in [0.2, 0.25) is 0 Å². The maximum atomic E-state index is 13.1. The Morgan fingerprint density at radius 1 is 0.270 bits per heavy atom. The number of rotatable bonds is 80. The van der Waals surface area contributed by atoms with Gasteiger partial charge in [0.05, 0.1) is 26.4 Å². The summed E-state index contributed by atoms with van der Waals surface area (Å²) in [5, 5.41) is 10.6. The predicted molar refractivity (Wildman–Crippen MR) is 409 cm³/mol. The van der Waals surface area contributed by atoms with Crippen molar-refractivity contribution < 1.29 is 80.2 Å². The molecule has 0 aliphatic rings. The quantitative estimate of drug-likeness (QED) is 0.0222. The van der Waals surface area contributed by atoms with Gasteiger partial charge in [-0.2, -0.15) is 0 Å². The SMILES string of the molecule is CCCCCCCCCCCCCCCCCCCC(=O)OC[C@H](COP(=O)(O)OC[C@@H](O)COP(=O)(O)OC[C@@H](COC(=O)CCCCCCCCCCCC(C)C)OC(=O)CCCCCCCCCCCCCC(C)C)OC(=O)CCCCCCCCCCCCCCCCCCC. The molecule has 0 aromatic rings. The van der Waals surface area contributed by atoms with Crippen LogP contribution in [0.4, 0.5) is 0 Å². The van der Waals surface area contributed by atoms with Crippen molar-refractivity contribution in [2.24, 2.45) is 11.8 Å². The molecular weight excluding hydrogens is 1310 g/mol. The number of carbonyl (C=O) groups excluding carboxylic acids is 4. The number of phosphoric acid groups is 2. The van der Waals surface area contributed by atoms with Gasteiger partial charge in [0.1, 0.15) is 19.3 Å². The van der Waals surface area contributed by atoms with Crippen molar-refractivity contribution in [2.45, 2.75) is 445 Å². The highest BCUT2D eigenvalue weighted by Crippen LogP contribution is 2.45. The van der Waals surface area contributed by atoms with Crippen molar-refractivity contribution in [3.05, 3.63) is 0 Å². The first-order chi connectivity index (χ1) is 48.4. The second-order valence-corrected chi connectivity index (χ2v) is 33.0. The average molecular weight is 1470 g/mol. The maximum Gasteiger partial charge on any atom is 0.472 e. The zero-order chi connectivity index (χ0) is 73.5. The van der Waals surface area contributed by atoms with Gasteiger partial charge in [0.15, 0.2) is 12.2 Å². The van der Waals surface area contributed by atoms with Crippen molar-refractivity contribution in [3.8, 4) is 0 Å². The Morgan fingerprint density at radius 2 is 0.460 bits per heavy atom. The van der Waals surface area contributed by atoms with Gasteiger partial charge < -0.3 is 33.8 Å². The third-order valence-corrected chi connectivity index (χ3v) is 20.9. The Morgan fingerprint density at radius 3 is 0.680 bits per heavy atom. The van der Waals surface area contributed by atoms with E-state index >= 15 is 0 Å². The molecule has 5 atom stereocenters.